The number of aromatic nitrogens is 4. The average Bonchev–Trinajstić information content (AvgIpc) is 2.87. The molecule has 0 aliphatic heterocycles. The van der Waals surface area contributed by atoms with Crippen molar-refractivity contribution in [1.82, 2.24) is 24.9 Å². The van der Waals surface area contributed by atoms with Crippen LogP contribution in [-0.4, -0.2) is 25.5 Å². The maximum absolute atomic E-state index is 11.9. The standard InChI is InChI=1S/C11H15N5O/c1-8(9-4-12-15(2)6-9)14-11(17)10-5-13-16(3)7-10/h4-8H,1-3H3,(H,14,17). The first kappa shape index (κ1) is 11.4. The molecular weight excluding hydrogens is 218 g/mol. The van der Waals surface area contributed by atoms with E-state index in [-0.39, 0.29) is 11.9 Å². The Hall–Kier alpha value is -2.11. The van der Waals surface area contributed by atoms with Crippen LogP contribution in [0.1, 0.15) is 28.9 Å². The topological polar surface area (TPSA) is 64.7 Å². The van der Waals surface area contributed by atoms with Gasteiger partial charge in [0.1, 0.15) is 0 Å². The quantitative estimate of drug-likeness (QED) is 0.846. The van der Waals surface area contributed by atoms with E-state index in [1.54, 1.807) is 35.0 Å². The number of amides is 1. The molecule has 0 saturated heterocycles. The number of aryl methyl sites for hydroxylation is 2. The van der Waals surface area contributed by atoms with Crippen LogP contribution in [-0.2, 0) is 14.1 Å². The molecule has 1 amide bonds. The predicted molar refractivity (Wildman–Crippen MR) is 62.3 cm³/mol. The van der Waals surface area contributed by atoms with Gasteiger partial charge in [-0.2, -0.15) is 10.2 Å². The second-order valence-electron chi connectivity index (χ2n) is 4.05. The Morgan fingerprint density at radius 2 is 1.88 bits per heavy atom. The number of carbonyl (C=O) groups is 1. The van der Waals surface area contributed by atoms with Crippen molar-refractivity contribution in [3.8, 4) is 0 Å². The fourth-order valence-corrected chi connectivity index (χ4v) is 1.57. The van der Waals surface area contributed by atoms with Crippen LogP contribution in [0.2, 0.25) is 0 Å². The zero-order chi connectivity index (χ0) is 12.4. The lowest BCUT2D eigenvalue weighted by molar-refractivity contribution is 0.0940. The van der Waals surface area contributed by atoms with E-state index >= 15 is 0 Å². The highest BCUT2D eigenvalue weighted by Gasteiger charge is 2.13. The van der Waals surface area contributed by atoms with Crippen molar-refractivity contribution in [2.24, 2.45) is 14.1 Å². The molecule has 0 radical (unpaired) electrons. The van der Waals surface area contributed by atoms with Crippen molar-refractivity contribution in [1.29, 1.82) is 0 Å². The van der Waals surface area contributed by atoms with Gasteiger partial charge in [-0.3, -0.25) is 14.2 Å². The predicted octanol–water partition coefficient (Wildman–Crippen LogP) is 0.645. The van der Waals surface area contributed by atoms with Gasteiger partial charge in [0, 0.05) is 32.1 Å². The highest BCUT2D eigenvalue weighted by molar-refractivity contribution is 5.93. The Kier molecular flexibility index (Phi) is 2.95. The van der Waals surface area contributed by atoms with Crippen molar-refractivity contribution >= 4 is 5.91 Å². The van der Waals surface area contributed by atoms with E-state index in [2.05, 4.69) is 15.5 Å². The van der Waals surface area contributed by atoms with Gasteiger partial charge < -0.3 is 5.32 Å². The van der Waals surface area contributed by atoms with Crippen LogP contribution in [0.4, 0.5) is 0 Å². The number of hydrogen-bond acceptors (Lipinski definition) is 3. The largest absolute Gasteiger partial charge is 0.345 e. The zero-order valence-electron chi connectivity index (χ0n) is 10.1. The van der Waals surface area contributed by atoms with Gasteiger partial charge in [-0.25, -0.2) is 0 Å². The van der Waals surface area contributed by atoms with Crippen molar-refractivity contribution in [2.75, 3.05) is 0 Å². The van der Waals surface area contributed by atoms with E-state index in [1.807, 2.05) is 20.2 Å². The minimum atomic E-state index is -0.130. The van der Waals surface area contributed by atoms with Gasteiger partial charge in [-0.15, -0.1) is 0 Å². The smallest absolute Gasteiger partial charge is 0.254 e. The van der Waals surface area contributed by atoms with Gasteiger partial charge in [0.05, 0.1) is 24.0 Å². The van der Waals surface area contributed by atoms with Gasteiger partial charge in [0.2, 0.25) is 0 Å². The van der Waals surface area contributed by atoms with E-state index in [9.17, 15) is 4.79 Å². The van der Waals surface area contributed by atoms with Crippen LogP contribution in [0.3, 0.4) is 0 Å². The maximum Gasteiger partial charge on any atom is 0.254 e. The SMILES string of the molecule is CC(NC(=O)c1cnn(C)c1)c1cnn(C)c1. The van der Waals surface area contributed by atoms with Gasteiger partial charge >= 0.3 is 0 Å². The van der Waals surface area contributed by atoms with Crippen LogP contribution in [0.15, 0.2) is 24.8 Å². The molecule has 0 saturated carbocycles. The summed E-state index contributed by atoms with van der Waals surface area (Å²) in [6.07, 6.45) is 6.86. The molecule has 0 aromatic carbocycles. The Bertz CT molecular complexity index is 527. The molecule has 17 heavy (non-hydrogen) atoms. The van der Waals surface area contributed by atoms with E-state index in [4.69, 9.17) is 0 Å². The number of nitrogens with one attached hydrogen (secondary N) is 1. The molecule has 6 heteroatoms. The maximum atomic E-state index is 11.9. The minimum Gasteiger partial charge on any atom is -0.345 e. The molecule has 1 unspecified atom stereocenters. The Balaban J connectivity index is 2.04. The third-order valence-corrected chi connectivity index (χ3v) is 2.54. The Labute approximate surface area is 99.2 Å². The molecule has 2 aromatic heterocycles. The summed E-state index contributed by atoms with van der Waals surface area (Å²) in [6, 6.07) is -0.0728. The lowest BCUT2D eigenvalue weighted by Crippen LogP contribution is -2.26. The average molecular weight is 233 g/mol. The molecule has 6 nitrogen and oxygen atoms in total. The van der Waals surface area contributed by atoms with E-state index in [0.717, 1.165) is 5.56 Å². The minimum absolute atomic E-state index is 0.0728. The van der Waals surface area contributed by atoms with Gasteiger partial charge in [-0.05, 0) is 6.92 Å². The molecule has 1 N–H and O–H groups in total. The van der Waals surface area contributed by atoms with Crippen LogP contribution in [0.5, 0.6) is 0 Å². The zero-order valence-corrected chi connectivity index (χ0v) is 10.1. The van der Waals surface area contributed by atoms with Crippen LogP contribution in [0.25, 0.3) is 0 Å². The number of rotatable bonds is 3. The van der Waals surface area contributed by atoms with Crippen molar-refractivity contribution in [2.45, 2.75) is 13.0 Å². The summed E-state index contributed by atoms with van der Waals surface area (Å²) >= 11 is 0. The number of hydrogen-bond donors (Lipinski definition) is 1. The second kappa shape index (κ2) is 4.40. The van der Waals surface area contributed by atoms with Crippen LogP contribution >= 0.6 is 0 Å². The van der Waals surface area contributed by atoms with E-state index < -0.39 is 0 Å². The normalized spacial score (nSPS) is 12.4. The monoisotopic (exact) mass is 233 g/mol. The molecule has 2 heterocycles. The second-order valence-corrected chi connectivity index (χ2v) is 4.05. The van der Waals surface area contributed by atoms with E-state index in [0.29, 0.717) is 5.56 Å². The molecule has 0 aliphatic rings. The molecule has 0 spiro atoms. The van der Waals surface area contributed by atoms with Gasteiger partial charge in [0.25, 0.3) is 5.91 Å². The third kappa shape index (κ3) is 2.52. The fraction of sp³-hybridized carbons (Fsp3) is 0.364. The van der Waals surface area contributed by atoms with E-state index in [1.165, 1.54) is 0 Å². The van der Waals surface area contributed by atoms with Crippen molar-refractivity contribution < 1.29 is 4.79 Å². The van der Waals surface area contributed by atoms with Crippen LogP contribution in [0, 0.1) is 0 Å². The highest BCUT2D eigenvalue weighted by atomic mass is 16.1. The Morgan fingerprint density at radius 1 is 1.24 bits per heavy atom. The summed E-state index contributed by atoms with van der Waals surface area (Å²) in [5.41, 5.74) is 1.54. The lowest BCUT2D eigenvalue weighted by Gasteiger charge is -2.10. The molecule has 0 aliphatic carbocycles. The summed E-state index contributed by atoms with van der Waals surface area (Å²) in [5.74, 6) is -0.130. The van der Waals surface area contributed by atoms with Crippen LogP contribution < -0.4 is 5.32 Å². The molecule has 1 atom stereocenters. The molecule has 90 valence electrons. The number of carbonyl (C=O) groups excluding carboxylic acids is 1. The molecule has 0 bridgehead atoms. The first-order valence-corrected chi connectivity index (χ1v) is 5.34. The summed E-state index contributed by atoms with van der Waals surface area (Å²) in [5, 5.41) is 10.9. The molecule has 2 aromatic rings. The summed E-state index contributed by atoms with van der Waals surface area (Å²) in [7, 11) is 3.63. The molecule has 2 rings (SSSR count). The first-order valence-electron chi connectivity index (χ1n) is 5.34. The van der Waals surface area contributed by atoms with Gasteiger partial charge in [0.15, 0.2) is 0 Å². The molecule has 0 fully saturated rings. The fourth-order valence-electron chi connectivity index (χ4n) is 1.57. The first-order chi connectivity index (χ1) is 8.06. The number of nitrogens with zero attached hydrogens (tertiary/aromatic N) is 4. The summed E-state index contributed by atoms with van der Waals surface area (Å²) in [6.45, 7) is 1.92. The summed E-state index contributed by atoms with van der Waals surface area (Å²) < 4.78 is 3.31. The molecular formula is C11H15N5O. The summed E-state index contributed by atoms with van der Waals surface area (Å²) in [4.78, 5) is 11.9. The highest BCUT2D eigenvalue weighted by Crippen LogP contribution is 2.11. The Morgan fingerprint density at radius 3 is 2.41 bits per heavy atom. The van der Waals surface area contributed by atoms with Crippen molar-refractivity contribution in [3.63, 3.8) is 0 Å². The van der Waals surface area contributed by atoms with Crippen molar-refractivity contribution in [3.05, 3.63) is 35.9 Å². The van der Waals surface area contributed by atoms with Gasteiger partial charge in [-0.1, -0.05) is 0 Å². The third-order valence-electron chi connectivity index (χ3n) is 2.54. The lowest BCUT2D eigenvalue weighted by atomic mass is 10.2.